The molecule has 1 aromatic rings. The topological polar surface area (TPSA) is 65.4 Å². The van der Waals surface area contributed by atoms with E-state index in [9.17, 15) is 4.79 Å². The highest BCUT2D eigenvalue weighted by molar-refractivity contribution is 5.92. The van der Waals surface area contributed by atoms with E-state index in [1.165, 1.54) is 0 Å². The summed E-state index contributed by atoms with van der Waals surface area (Å²) < 4.78 is 0. The normalized spacial score (nSPS) is 22.8. The second-order valence-corrected chi connectivity index (χ2v) is 6.69. The molecule has 20 heavy (non-hydrogen) atoms. The van der Waals surface area contributed by atoms with Gasteiger partial charge in [0.2, 0.25) is 0 Å². The van der Waals surface area contributed by atoms with Crippen molar-refractivity contribution in [1.82, 2.24) is 14.8 Å². The van der Waals surface area contributed by atoms with Crippen LogP contribution in [0.15, 0.2) is 12.1 Å². The Morgan fingerprint density at radius 3 is 2.80 bits per heavy atom. The number of piperidine rings is 1. The van der Waals surface area contributed by atoms with Crippen LogP contribution in [-0.4, -0.2) is 53.9 Å². The molecule has 1 aliphatic heterocycles. The van der Waals surface area contributed by atoms with Gasteiger partial charge in [0.05, 0.1) is 0 Å². The highest BCUT2D eigenvalue weighted by Gasteiger charge is 2.33. The van der Waals surface area contributed by atoms with Crippen LogP contribution in [0, 0.1) is 5.41 Å². The zero-order valence-corrected chi connectivity index (χ0v) is 12.9. The number of hydrogen-bond donors (Lipinski definition) is 2. The highest BCUT2D eigenvalue weighted by Crippen LogP contribution is 2.28. The minimum absolute atomic E-state index is 0.0113. The molecular weight excluding hydrogens is 252 g/mol. The first-order valence-electron chi connectivity index (χ1n) is 7.17. The number of nitrogens with one attached hydrogen (secondary N) is 1. The third-order valence-electron chi connectivity index (χ3n) is 4.17. The van der Waals surface area contributed by atoms with Crippen molar-refractivity contribution in [3.8, 4) is 0 Å². The second-order valence-electron chi connectivity index (χ2n) is 6.69. The lowest BCUT2D eigenvalue weighted by molar-refractivity contribution is 0.0819. The van der Waals surface area contributed by atoms with Crippen molar-refractivity contribution in [1.29, 1.82) is 0 Å². The Labute approximate surface area is 121 Å². The maximum Gasteiger partial charge on any atom is 0.269 e. The van der Waals surface area contributed by atoms with Crippen LogP contribution >= 0.6 is 0 Å². The molecule has 0 radical (unpaired) electrons. The molecule has 0 aliphatic carbocycles. The van der Waals surface area contributed by atoms with Gasteiger partial charge in [0.15, 0.2) is 0 Å². The lowest BCUT2D eigenvalue weighted by atomic mass is 9.80. The Morgan fingerprint density at radius 1 is 1.50 bits per heavy atom. The summed E-state index contributed by atoms with van der Waals surface area (Å²) in [6.07, 6.45) is 1.02. The first kappa shape index (κ1) is 15.1. The maximum absolute atomic E-state index is 11.9. The molecule has 0 spiro atoms. The van der Waals surface area contributed by atoms with Crippen molar-refractivity contribution in [2.45, 2.75) is 32.9 Å². The van der Waals surface area contributed by atoms with E-state index in [-0.39, 0.29) is 17.4 Å². The Kier molecular flexibility index (Phi) is 4.20. The van der Waals surface area contributed by atoms with Gasteiger partial charge in [-0.2, -0.15) is 0 Å². The number of H-pyrrole nitrogens is 1. The molecule has 3 N–H and O–H groups in total. The Morgan fingerprint density at radius 2 is 2.20 bits per heavy atom. The summed E-state index contributed by atoms with van der Waals surface area (Å²) in [7, 11) is 3.52. The van der Waals surface area contributed by atoms with E-state index >= 15 is 0 Å². The van der Waals surface area contributed by atoms with Gasteiger partial charge in [-0.05, 0) is 24.0 Å². The standard InChI is InChI=1S/C15H26N4O/c1-15(2)10-19(8-7-13(15)16)9-11-5-6-12(17-11)14(20)18(3)4/h5-6,13,17H,7-10,16H2,1-4H3. The van der Waals surface area contributed by atoms with Gasteiger partial charge in [-0.15, -0.1) is 0 Å². The molecule has 2 heterocycles. The molecule has 1 aliphatic rings. The first-order valence-corrected chi connectivity index (χ1v) is 7.17. The van der Waals surface area contributed by atoms with Crippen molar-refractivity contribution >= 4 is 5.91 Å². The average Bonchev–Trinajstić information content (AvgIpc) is 2.81. The van der Waals surface area contributed by atoms with Crippen molar-refractivity contribution in [3.63, 3.8) is 0 Å². The molecule has 1 fully saturated rings. The lowest BCUT2D eigenvalue weighted by Gasteiger charge is -2.42. The van der Waals surface area contributed by atoms with Crippen LogP contribution in [0.25, 0.3) is 0 Å². The summed E-state index contributed by atoms with van der Waals surface area (Å²) in [6, 6.07) is 4.13. The molecular formula is C15H26N4O. The van der Waals surface area contributed by atoms with Crippen LogP contribution in [0.4, 0.5) is 0 Å². The highest BCUT2D eigenvalue weighted by atomic mass is 16.2. The van der Waals surface area contributed by atoms with E-state index in [4.69, 9.17) is 5.73 Å². The van der Waals surface area contributed by atoms with Crippen molar-refractivity contribution < 1.29 is 4.79 Å². The van der Waals surface area contributed by atoms with Crippen LogP contribution < -0.4 is 5.73 Å². The summed E-state index contributed by atoms with van der Waals surface area (Å²) >= 11 is 0. The van der Waals surface area contributed by atoms with Gasteiger partial charge < -0.3 is 15.6 Å². The van der Waals surface area contributed by atoms with Gasteiger partial charge in [0.25, 0.3) is 5.91 Å². The predicted octanol–water partition coefficient (Wildman–Crippen LogP) is 1.28. The lowest BCUT2D eigenvalue weighted by Crippen LogP contribution is -2.52. The molecule has 112 valence electrons. The minimum Gasteiger partial charge on any atom is -0.353 e. The zero-order chi connectivity index (χ0) is 14.9. The molecule has 1 atom stereocenters. The smallest absolute Gasteiger partial charge is 0.269 e. The molecule has 5 nitrogen and oxygen atoms in total. The summed E-state index contributed by atoms with van der Waals surface area (Å²) in [5, 5.41) is 0. The third-order valence-corrected chi connectivity index (χ3v) is 4.17. The molecule has 1 unspecified atom stereocenters. The van der Waals surface area contributed by atoms with Crippen LogP contribution in [0.5, 0.6) is 0 Å². The van der Waals surface area contributed by atoms with E-state index in [1.807, 2.05) is 12.1 Å². The number of aromatic amines is 1. The number of nitrogens with two attached hydrogens (primary N) is 1. The average molecular weight is 278 g/mol. The van der Waals surface area contributed by atoms with E-state index < -0.39 is 0 Å². The van der Waals surface area contributed by atoms with Crippen LogP contribution in [0.2, 0.25) is 0 Å². The maximum atomic E-state index is 11.9. The van der Waals surface area contributed by atoms with Gasteiger partial charge >= 0.3 is 0 Å². The van der Waals surface area contributed by atoms with E-state index in [0.717, 1.165) is 31.7 Å². The number of amides is 1. The number of carbonyl (C=O) groups excluding carboxylic acids is 1. The zero-order valence-electron chi connectivity index (χ0n) is 12.9. The Hall–Kier alpha value is -1.33. The summed E-state index contributed by atoms with van der Waals surface area (Å²) in [6.45, 7) is 7.29. The number of likely N-dealkylation sites (tertiary alicyclic amines) is 1. The fourth-order valence-corrected chi connectivity index (χ4v) is 2.76. The van der Waals surface area contributed by atoms with Gasteiger partial charge in [-0.1, -0.05) is 13.8 Å². The fraction of sp³-hybridized carbons (Fsp3) is 0.667. The Balaban J connectivity index is 1.99. The number of aromatic nitrogens is 1. The predicted molar refractivity (Wildman–Crippen MR) is 80.5 cm³/mol. The first-order chi connectivity index (χ1) is 9.29. The van der Waals surface area contributed by atoms with Crippen LogP contribution in [0.1, 0.15) is 36.5 Å². The van der Waals surface area contributed by atoms with Gasteiger partial charge in [-0.3, -0.25) is 9.69 Å². The molecule has 1 aromatic heterocycles. The fourth-order valence-electron chi connectivity index (χ4n) is 2.76. The molecule has 5 heteroatoms. The van der Waals surface area contributed by atoms with E-state index in [0.29, 0.717) is 5.69 Å². The minimum atomic E-state index is 0.0113. The van der Waals surface area contributed by atoms with Gasteiger partial charge in [-0.25, -0.2) is 0 Å². The van der Waals surface area contributed by atoms with Gasteiger partial charge in [0, 0.05) is 45.5 Å². The summed E-state index contributed by atoms with van der Waals surface area (Å²) in [5.74, 6) is 0.0113. The molecule has 0 saturated carbocycles. The molecule has 1 saturated heterocycles. The largest absolute Gasteiger partial charge is 0.353 e. The monoisotopic (exact) mass is 278 g/mol. The summed E-state index contributed by atoms with van der Waals surface area (Å²) in [4.78, 5) is 19.1. The quantitative estimate of drug-likeness (QED) is 0.875. The van der Waals surface area contributed by atoms with Gasteiger partial charge in [0.1, 0.15) is 5.69 Å². The number of rotatable bonds is 3. The van der Waals surface area contributed by atoms with Crippen LogP contribution in [0.3, 0.4) is 0 Å². The summed E-state index contributed by atoms with van der Waals surface area (Å²) in [5.41, 5.74) is 8.04. The van der Waals surface area contributed by atoms with Crippen molar-refractivity contribution in [2.24, 2.45) is 11.1 Å². The molecule has 0 bridgehead atoms. The third kappa shape index (κ3) is 3.22. The number of hydrogen-bond acceptors (Lipinski definition) is 3. The molecule has 0 aromatic carbocycles. The van der Waals surface area contributed by atoms with Crippen molar-refractivity contribution in [2.75, 3.05) is 27.2 Å². The van der Waals surface area contributed by atoms with E-state index in [2.05, 4.69) is 23.7 Å². The SMILES string of the molecule is CN(C)C(=O)c1ccc(CN2CCC(N)C(C)(C)C2)[nH]1. The number of carbonyl (C=O) groups is 1. The van der Waals surface area contributed by atoms with Crippen LogP contribution in [-0.2, 0) is 6.54 Å². The van der Waals surface area contributed by atoms with Crippen molar-refractivity contribution in [3.05, 3.63) is 23.5 Å². The second kappa shape index (κ2) is 5.58. The molecule has 2 rings (SSSR count). The molecule has 1 amide bonds. The number of nitrogens with zero attached hydrogens (tertiary/aromatic N) is 2. The van der Waals surface area contributed by atoms with E-state index in [1.54, 1.807) is 19.0 Å². The Bertz CT molecular complexity index is 478.